The lowest BCUT2D eigenvalue weighted by molar-refractivity contribution is -0.137. The molecule has 4 nitrogen and oxygen atoms in total. The van der Waals surface area contributed by atoms with E-state index in [0.717, 1.165) is 6.07 Å². The molecular formula is C12H13F2NO3. The molecule has 1 atom stereocenters. The second-order valence-electron chi connectivity index (χ2n) is 3.96. The molecule has 98 valence electrons. The second-order valence-corrected chi connectivity index (χ2v) is 3.96. The smallest absolute Gasteiger partial charge is 0.305 e. The minimum Gasteiger partial charge on any atom is -0.481 e. The standard InChI is InChI=1S/C12H13F2NO3/c1-7(5-11(17)18)15-10(16)6-8-3-2-4-9(13)12(8)14/h2-4,7H,5-6H2,1H3,(H,15,16)(H,17,18). The van der Waals surface area contributed by atoms with Gasteiger partial charge in [0.15, 0.2) is 11.6 Å². The fourth-order valence-corrected chi connectivity index (χ4v) is 1.50. The monoisotopic (exact) mass is 257 g/mol. The molecule has 0 fully saturated rings. The summed E-state index contributed by atoms with van der Waals surface area (Å²) in [6.45, 7) is 1.52. The highest BCUT2D eigenvalue weighted by molar-refractivity contribution is 5.79. The lowest BCUT2D eigenvalue weighted by Gasteiger charge is -2.11. The van der Waals surface area contributed by atoms with Gasteiger partial charge in [-0.3, -0.25) is 9.59 Å². The molecule has 1 unspecified atom stereocenters. The third-order valence-corrected chi connectivity index (χ3v) is 2.27. The van der Waals surface area contributed by atoms with Gasteiger partial charge < -0.3 is 10.4 Å². The molecule has 0 saturated carbocycles. The van der Waals surface area contributed by atoms with Crippen molar-refractivity contribution in [2.24, 2.45) is 0 Å². The van der Waals surface area contributed by atoms with E-state index in [9.17, 15) is 18.4 Å². The van der Waals surface area contributed by atoms with Crippen molar-refractivity contribution in [2.75, 3.05) is 0 Å². The van der Waals surface area contributed by atoms with Gasteiger partial charge in [-0.2, -0.15) is 0 Å². The van der Waals surface area contributed by atoms with Crippen LogP contribution in [-0.2, 0) is 16.0 Å². The number of carboxylic acid groups (broad SMARTS) is 1. The highest BCUT2D eigenvalue weighted by Crippen LogP contribution is 2.11. The Bertz CT molecular complexity index is 463. The molecular weight excluding hydrogens is 244 g/mol. The molecule has 0 saturated heterocycles. The number of benzene rings is 1. The van der Waals surface area contributed by atoms with Crippen LogP contribution in [-0.4, -0.2) is 23.0 Å². The molecule has 1 aromatic rings. The fraction of sp³-hybridized carbons (Fsp3) is 0.333. The number of carboxylic acids is 1. The number of rotatable bonds is 5. The van der Waals surface area contributed by atoms with Gasteiger partial charge in [0.1, 0.15) is 0 Å². The quantitative estimate of drug-likeness (QED) is 0.839. The maximum Gasteiger partial charge on any atom is 0.305 e. The van der Waals surface area contributed by atoms with Crippen molar-refractivity contribution in [1.29, 1.82) is 0 Å². The van der Waals surface area contributed by atoms with Crippen LogP contribution in [0.3, 0.4) is 0 Å². The van der Waals surface area contributed by atoms with Crippen LogP contribution in [0.15, 0.2) is 18.2 Å². The summed E-state index contributed by atoms with van der Waals surface area (Å²) in [6.07, 6.45) is -0.551. The van der Waals surface area contributed by atoms with E-state index in [4.69, 9.17) is 5.11 Å². The number of nitrogens with one attached hydrogen (secondary N) is 1. The van der Waals surface area contributed by atoms with E-state index < -0.39 is 29.6 Å². The third-order valence-electron chi connectivity index (χ3n) is 2.27. The number of hydrogen-bond acceptors (Lipinski definition) is 2. The van der Waals surface area contributed by atoms with Gasteiger partial charge in [0, 0.05) is 11.6 Å². The van der Waals surface area contributed by atoms with Crippen LogP contribution < -0.4 is 5.32 Å². The second kappa shape index (κ2) is 6.09. The Labute approximate surface area is 103 Å². The normalized spacial score (nSPS) is 11.9. The Morgan fingerprint density at radius 2 is 2.06 bits per heavy atom. The summed E-state index contributed by atoms with van der Waals surface area (Å²) in [4.78, 5) is 21.9. The first-order valence-corrected chi connectivity index (χ1v) is 5.34. The number of carbonyl (C=O) groups excluding carboxylic acids is 1. The highest BCUT2D eigenvalue weighted by Gasteiger charge is 2.14. The zero-order chi connectivity index (χ0) is 13.7. The number of aliphatic carboxylic acids is 1. The Morgan fingerprint density at radius 3 is 2.67 bits per heavy atom. The summed E-state index contributed by atoms with van der Waals surface area (Å²) in [5.74, 6) is -3.66. The van der Waals surface area contributed by atoms with Crippen LogP contribution in [0.1, 0.15) is 18.9 Å². The van der Waals surface area contributed by atoms with E-state index in [1.807, 2.05) is 0 Å². The van der Waals surface area contributed by atoms with Crippen molar-refractivity contribution in [3.8, 4) is 0 Å². The summed E-state index contributed by atoms with van der Waals surface area (Å²) in [7, 11) is 0. The van der Waals surface area contributed by atoms with Crippen molar-refractivity contribution in [1.82, 2.24) is 5.32 Å². The zero-order valence-electron chi connectivity index (χ0n) is 9.74. The van der Waals surface area contributed by atoms with Gasteiger partial charge in [0.05, 0.1) is 12.8 Å². The molecule has 1 amide bonds. The number of amides is 1. The molecule has 0 bridgehead atoms. The van der Waals surface area contributed by atoms with E-state index in [-0.39, 0.29) is 18.4 Å². The minimum absolute atomic E-state index is 0.0602. The van der Waals surface area contributed by atoms with Crippen LogP contribution in [0.4, 0.5) is 8.78 Å². The van der Waals surface area contributed by atoms with Crippen LogP contribution in [0.5, 0.6) is 0 Å². The van der Waals surface area contributed by atoms with E-state index in [2.05, 4.69) is 5.32 Å². The largest absolute Gasteiger partial charge is 0.481 e. The summed E-state index contributed by atoms with van der Waals surface area (Å²) in [5, 5.41) is 10.9. The van der Waals surface area contributed by atoms with Crippen molar-refractivity contribution >= 4 is 11.9 Å². The molecule has 1 rings (SSSR count). The number of hydrogen-bond donors (Lipinski definition) is 2. The van der Waals surface area contributed by atoms with Crippen LogP contribution in [0.25, 0.3) is 0 Å². The molecule has 0 aliphatic rings. The van der Waals surface area contributed by atoms with Gasteiger partial charge in [-0.05, 0) is 13.0 Å². The van der Waals surface area contributed by atoms with Crippen LogP contribution in [0, 0.1) is 11.6 Å². The van der Waals surface area contributed by atoms with Gasteiger partial charge in [0.25, 0.3) is 0 Å². The Hall–Kier alpha value is -1.98. The van der Waals surface area contributed by atoms with Crippen molar-refractivity contribution in [2.45, 2.75) is 25.8 Å². The topological polar surface area (TPSA) is 66.4 Å². The van der Waals surface area contributed by atoms with Crippen molar-refractivity contribution in [3.63, 3.8) is 0 Å². The predicted molar refractivity (Wildman–Crippen MR) is 59.9 cm³/mol. The number of carbonyl (C=O) groups is 2. The maximum atomic E-state index is 13.3. The minimum atomic E-state index is -1.06. The van der Waals surface area contributed by atoms with E-state index in [0.29, 0.717) is 0 Å². The van der Waals surface area contributed by atoms with E-state index >= 15 is 0 Å². The van der Waals surface area contributed by atoms with E-state index in [1.165, 1.54) is 19.1 Å². The SMILES string of the molecule is CC(CC(=O)O)NC(=O)Cc1cccc(F)c1F. The average Bonchev–Trinajstić information content (AvgIpc) is 2.23. The molecule has 6 heteroatoms. The van der Waals surface area contributed by atoms with Crippen molar-refractivity contribution < 1.29 is 23.5 Å². The first-order chi connectivity index (χ1) is 8.40. The maximum absolute atomic E-state index is 13.3. The number of halogens is 2. The molecule has 0 aliphatic heterocycles. The summed E-state index contributed by atoms with van der Waals surface area (Å²) in [5.41, 5.74) is -0.0602. The molecule has 2 N–H and O–H groups in total. The summed E-state index contributed by atoms with van der Waals surface area (Å²) in [6, 6.07) is 3.01. The van der Waals surface area contributed by atoms with Gasteiger partial charge >= 0.3 is 5.97 Å². The zero-order valence-corrected chi connectivity index (χ0v) is 9.74. The molecule has 0 aromatic heterocycles. The lowest BCUT2D eigenvalue weighted by Crippen LogP contribution is -2.35. The fourth-order valence-electron chi connectivity index (χ4n) is 1.50. The Balaban J connectivity index is 2.59. The molecule has 1 aromatic carbocycles. The van der Waals surface area contributed by atoms with Gasteiger partial charge in [-0.25, -0.2) is 8.78 Å². The van der Waals surface area contributed by atoms with Crippen LogP contribution >= 0.6 is 0 Å². The van der Waals surface area contributed by atoms with Gasteiger partial charge in [0.2, 0.25) is 5.91 Å². The first-order valence-electron chi connectivity index (χ1n) is 5.34. The summed E-state index contributed by atoms with van der Waals surface area (Å²) >= 11 is 0. The highest BCUT2D eigenvalue weighted by atomic mass is 19.2. The molecule has 0 radical (unpaired) electrons. The lowest BCUT2D eigenvalue weighted by atomic mass is 10.1. The molecule has 18 heavy (non-hydrogen) atoms. The molecule has 0 heterocycles. The third kappa shape index (κ3) is 4.12. The van der Waals surface area contributed by atoms with Crippen molar-refractivity contribution in [3.05, 3.63) is 35.4 Å². The summed E-state index contributed by atoms with van der Waals surface area (Å²) < 4.78 is 26.1. The first kappa shape index (κ1) is 14.1. The van der Waals surface area contributed by atoms with Gasteiger partial charge in [-0.1, -0.05) is 12.1 Å². The average molecular weight is 257 g/mol. The Morgan fingerprint density at radius 1 is 1.39 bits per heavy atom. The van der Waals surface area contributed by atoms with Crippen LogP contribution in [0.2, 0.25) is 0 Å². The predicted octanol–water partition coefficient (Wildman–Crippen LogP) is 1.49. The molecule has 0 spiro atoms. The Kier molecular flexibility index (Phi) is 4.76. The molecule has 0 aliphatic carbocycles. The van der Waals surface area contributed by atoms with Gasteiger partial charge in [-0.15, -0.1) is 0 Å². The van der Waals surface area contributed by atoms with E-state index in [1.54, 1.807) is 0 Å².